The topological polar surface area (TPSA) is 69.6 Å². The van der Waals surface area contributed by atoms with Crippen molar-refractivity contribution in [2.45, 2.75) is 18.9 Å². The fourth-order valence-corrected chi connectivity index (χ4v) is 2.84. The number of aromatic nitrogens is 1. The van der Waals surface area contributed by atoms with E-state index < -0.39 is 23.0 Å². The molecule has 1 aromatic carbocycles. The van der Waals surface area contributed by atoms with Crippen LogP contribution in [0.15, 0.2) is 11.0 Å². The number of ether oxygens (including phenoxy) is 2. The van der Waals surface area contributed by atoms with E-state index >= 15 is 0 Å². The standard InChI is InChI=1S/C16H16F2N2O4/c1-19-12-9-13(15(23-2)11(18)10(12)17)20(7-4-5-7)6-8(14(9)21)16(22)24-3/h6-7,19H,4-5H2,1-3H3. The molecule has 3 rings (SSSR count). The van der Waals surface area contributed by atoms with Gasteiger partial charge in [0.1, 0.15) is 11.1 Å². The van der Waals surface area contributed by atoms with Gasteiger partial charge in [0.25, 0.3) is 0 Å². The first-order chi connectivity index (χ1) is 11.5. The van der Waals surface area contributed by atoms with Gasteiger partial charge in [-0.25, -0.2) is 9.18 Å². The van der Waals surface area contributed by atoms with Gasteiger partial charge >= 0.3 is 5.97 Å². The van der Waals surface area contributed by atoms with Crippen molar-refractivity contribution in [3.05, 3.63) is 33.6 Å². The van der Waals surface area contributed by atoms with Gasteiger partial charge in [0.2, 0.25) is 11.2 Å². The van der Waals surface area contributed by atoms with Gasteiger partial charge in [-0.1, -0.05) is 0 Å². The van der Waals surface area contributed by atoms with Crippen LogP contribution in [0.2, 0.25) is 0 Å². The molecule has 1 aromatic heterocycles. The number of carbonyl (C=O) groups is 1. The summed E-state index contributed by atoms with van der Waals surface area (Å²) in [5.41, 5.74) is -1.16. The highest BCUT2D eigenvalue weighted by Crippen LogP contribution is 2.42. The highest BCUT2D eigenvalue weighted by molar-refractivity contribution is 6.01. The van der Waals surface area contributed by atoms with Crippen molar-refractivity contribution in [2.24, 2.45) is 0 Å². The lowest BCUT2D eigenvalue weighted by Crippen LogP contribution is -2.22. The molecule has 0 amide bonds. The van der Waals surface area contributed by atoms with E-state index in [0.717, 1.165) is 20.0 Å². The first-order valence-corrected chi connectivity index (χ1v) is 7.36. The number of halogens is 2. The van der Waals surface area contributed by atoms with Gasteiger partial charge in [0, 0.05) is 19.3 Å². The number of esters is 1. The van der Waals surface area contributed by atoms with Crippen LogP contribution in [0.1, 0.15) is 29.2 Å². The van der Waals surface area contributed by atoms with E-state index in [4.69, 9.17) is 4.74 Å². The Morgan fingerprint density at radius 3 is 2.46 bits per heavy atom. The Balaban J connectivity index is 2.57. The largest absolute Gasteiger partial charge is 0.491 e. The summed E-state index contributed by atoms with van der Waals surface area (Å²) < 4.78 is 39.9. The lowest BCUT2D eigenvalue weighted by atomic mass is 10.1. The molecule has 6 nitrogen and oxygen atoms in total. The Morgan fingerprint density at radius 1 is 1.29 bits per heavy atom. The summed E-state index contributed by atoms with van der Waals surface area (Å²) in [6.07, 6.45) is 2.93. The predicted molar refractivity (Wildman–Crippen MR) is 83.8 cm³/mol. The van der Waals surface area contributed by atoms with Crippen molar-refractivity contribution in [3.63, 3.8) is 0 Å². The molecule has 0 aliphatic heterocycles. The van der Waals surface area contributed by atoms with E-state index in [1.54, 1.807) is 4.57 Å². The molecule has 24 heavy (non-hydrogen) atoms. The Labute approximate surface area is 136 Å². The van der Waals surface area contributed by atoms with Crippen LogP contribution in [0.5, 0.6) is 5.75 Å². The smallest absolute Gasteiger partial charge is 0.343 e. The van der Waals surface area contributed by atoms with Crippen molar-refractivity contribution in [1.82, 2.24) is 4.57 Å². The highest BCUT2D eigenvalue weighted by atomic mass is 19.2. The van der Waals surface area contributed by atoms with Gasteiger partial charge in [0.05, 0.1) is 25.3 Å². The van der Waals surface area contributed by atoms with Gasteiger partial charge in [-0.3, -0.25) is 4.79 Å². The summed E-state index contributed by atoms with van der Waals surface area (Å²) in [6, 6.07) is -0.0139. The highest BCUT2D eigenvalue weighted by Gasteiger charge is 2.32. The van der Waals surface area contributed by atoms with E-state index in [9.17, 15) is 18.4 Å². The van der Waals surface area contributed by atoms with Crippen molar-refractivity contribution in [2.75, 3.05) is 26.6 Å². The Morgan fingerprint density at radius 2 is 1.96 bits per heavy atom. The zero-order chi connectivity index (χ0) is 17.6. The van der Waals surface area contributed by atoms with Gasteiger partial charge in [-0.2, -0.15) is 4.39 Å². The molecule has 1 heterocycles. The third-order valence-electron chi connectivity index (χ3n) is 4.11. The first kappa shape index (κ1) is 16.2. The molecule has 0 saturated heterocycles. The Bertz CT molecular complexity index is 904. The lowest BCUT2D eigenvalue weighted by Gasteiger charge is -2.18. The van der Waals surface area contributed by atoms with E-state index in [2.05, 4.69) is 10.1 Å². The molecule has 0 bridgehead atoms. The van der Waals surface area contributed by atoms with Crippen molar-refractivity contribution in [1.29, 1.82) is 0 Å². The second kappa shape index (κ2) is 5.77. The van der Waals surface area contributed by atoms with Gasteiger partial charge in [-0.05, 0) is 12.8 Å². The second-order valence-electron chi connectivity index (χ2n) is 5.51. The molecular formula is C16H16F2N2O4. The third kappa shape index (κ3) is 2.21. The van der Waals surface area contributed by atoms with Crippen LogP contribution in [0.25, 0.3) is 10.9 Å². The van der Waals surface area contributed by atoms with E-state index in [0.29, 0.717) is 0 Å². The fraction of sp³-hybridized carbons (Fsp3) is 0.375. The van der Waals surface area contributed by atoms with Gasteiger partial charge in [-0.15, -0.1) is 0 Å². The van der Waals surface area contributed by atoms with Crippen LogP contribution in [-0.4, -0.2) is 31.8 Å². The monoisotopic (exact) mass is 338 g/mol. The number of rotatable bonds is 4. The van der Waals surface area contributed by atoms with Crippen LogP contribution in [0, 0.1) is 11.6 Å². The zero-order valence-corrected chi connectivity index (χ0v) is 13.4. The maximum Gasteiger partial charge on any atom is 0.343 e. The fourth-order valence-electron chi connectivity index (χ4n) is 2.84. The minimum atomic E-state index is -1.23. The Hall–Kier alpha value is -2.64. The number of methoxy groups -OCH3 is 2. The number of nitrogens with zero attached hydrogens (tertiary/aromatic N) is 1. The summed E-state index contributed by atoms with van der Waals surface area (Å²) in [5, 5.41) is 2.37. The average molecular weight is 338 g/mol. The molecule has 2 aromatic rings. The molecule has 8 heteroatoms. The Kier molecular flexibility index (Phi) is 3.90. The van der Waals surface area contributed by atoms with E-state index in [-0.39, 0.29) is 33.9 Å². The minimum Gasteiger partial charge on any atom is -0.491 e. The van der Waals surface area contributed by atoms with Crippen molar-refractivity contribution in [3.8, 4) is 5.75 Å². The number of hydrogen-bond donors (Lipinski definition) is 1. The predicted octanol–water partition coefficient (Wildman–Crippen LogP) is 2.45. The van der Waals surface area contributed by atoms with E-state index in [1.165, 1.54) is 20.4 Å². The number of pyridine rings is 1. The molecule has 1 fully saturated rings. The number of nitrogens with one attached hydrogen (secondary N) is 1. The third-order valence-corrected chi connectivity index (χ3v) is 4.11. The summed E-state index contributed by atoms with van der Waals surface area (Å²) in [6.45, 7) is 0. The van der Waals surface area contributed by atoms with Crippen LogP contribution in [0.3, 0.4) is 0 Å². The van der Waals surface area contributed by atoms with Gasteiger partial charge in [0.15, 0.2) is 11.6 Å². The molecule has 1 saturated carbocycles. The zero-order valence-electron chi connectivity index (χ0n) is 13.4. The van der Waals surface area contributed by atoms with Crippen LogP contribution in [0.4, 0.5) is 14.5 Å². The molecule has 0 radical (unpaired) electrons. The first-order valence-electron chi connectivity index (χ1n) is 7.36. The van der Waals surface area contributed by atoms with Gasteiger partial charge < -0.3 is 19.4 Å². The molecule has 1 aliphatic carbocycles. The summed E-state index contributed by atoms with van der Waals surface area (Å²) in [4.78, 5) is 24.7. The number of hydrogen-bond acceptors (Lipinski definition) is 5. The molecule has 0 unspecified atom stereocenters. The van der Waals surface area contributed by atoms with E-state index in [1.807, 2.05) is 0 Å². The van der Waals surface area contributed by atoms with Crippen LogP contribution < -0.4 is 15.5 Å². The number of benzene rings is 1. The van der Waals surface area contributed by atoms with Crippen LogP contribution >= 0.6 is 0 Å². The average Bonchev–Trinajstić information content (AvgIpc) is 3.41. The second-order valence-corrected chi connectivity index (χ2v) is 5.51. The molecule has 1 aliphatic rings. The number of fused-ring (bicyclic) bond motifs is 1. The van der Waals surface area contributed by atoms with Crippen LogP contribution in [-0.2, 0) is 4.74 Å². The molecule has 0 spiro atoms. The quantitative estimate of drug-likeness (QED) is 0.867. The lowest BCUT2D eigenvalue weighted by molar-refractivity contribution is 0.0598. The maximum atomic E-state index is 14.4. The SMILES string of the molecule is CNc1c(F)c(F)c(OC)c2c1c(=O)c(C(=O)OC)cn2C1CC1. The number of anilines is 1. The normalized spacial score (nSPS) is 13.9. The molecular weight excluding hydrogens is 322 g/mol. The van der Waals surface area contributed by atoms with Crippen molar-refractivity contribution >= 4 is 22.6 Å². The van der Waals surface area contributed by atoms with Crippen molar-refractivity contribution < 1.29 is 23.0 Å². The summed E-state index contributed by atoms with van der Waals surface area (Å²) in [5.74, 6) is -3.61. The summed E-state index contributed by atoms with van der Waals surface area (Å²) in [7, 11) is 3.72. The minimum absolute atomic E-state index is 0.0139. The summed E-state index contributed by atoms with van der Waals surface area (Å²) >= 11 is 0. The molecule has 128 valence electrons. The molecule has 1 N–H and O–H groups in total. The number of carbonyl (C=O) groups excluding carboxylic acids is 1. The molecule has 0 atom stereocenters. The maximum absolute atomic E-state index is 14.4.